The van der Waals surface area contributed by atoms with E-state index in [-0.39, 0.29) is 0 Å². The van der Waals surface area contributed by atoms with Crippen LogP contribution in [-0.2, 0) is 0 Å². The summed E-state index contributed by atoms with van der Waals surface area (Å²) in [4.78, 5) is 0. The number of phenolic OH excluding ortho intramolecular Hbond substituents is 1. The molecule has 0 heterocycles. The molecule has 12 heavy (non-hydrogen) atoms. The van der Waals surface area contributed by atoms with E-state index in [1.807, 2.05) is 20.0 Å². The Kier molecular flexibility index (Phi) is 2.71. The first-order chi connectivity index (χ1) is 5.65. The molecule has 0 amide bonds. The van der Waals surface area contributed by atoms with Crippen LogP contribution < -0.4 is 5.32 Å². The van der Waals surface area contributed by atoms with Crippen LogP contribution in [0.2, 0.25) is 0 Å². The molecule has 2 N–H and O–H groups in total. The number of aromatic hydroxyl groups is 1. The van der Waals surface area contributed by atoms with E-state index in [1.165, 1.54) is 5.56 Å². The maximum absolute atomic E-state index is 9.17. The van der Waals surface area contributed by atoms with Crippen LogP contribution >= 0.6 is 0 Å². The fraction of sp³-hybridized carbons (Fsp3) is 0.400. The summed E-state index contributed by atoms with van der Waals surface area (Å²) in [5, 5.41) is 12.3. The number of hydrogen-bond acceptors (Lipinski definition) is 2. The molecular formula is C10H15NO. The van der Waals surface area contributed by atoms with Crippen molar-refractivity contribution in [2.75, 3.05) is 7.05 Å². The molecule has 0 fully saturated rings. The van der Waals surface area contributed by atoms with E-state index in [1.54, 1.807) is 12.1 Å². The van der Waals surface area contributed by atoms with Crippen molar-refractivity contribution in [1.82, 2.24) is 5.32 Å². The highest BCUT2D eigenvalue weighted by Gasteiger charge is 2.05. The van der Waals surface area contributed by atoms with Gasteiger partial charge in [0, 0.05) is 6.04 Å². The lowest BCUT2D eigenvalue weighted by Gasteiger charge is -2.13. The molecule has 0 spiro atoms. The molecule has 2 heteroatoms. The van der Waals surface area contributed by atoms with E-state index in [2.05, 4.69) is 12.2 Å². The molecule has 1 atom stereocenters. The number of rotatable bonds is 2. The van der Waals surface area contributed by atoms with E-state index in [4.69, 9.17) is 0 Å². The lowest BCUT2D eigenvalue weighted by Crippen LogP contribution is -2.13. The van der Waals surface area contributed by atoms with Crippen LogP contribution in [0.4, 0.5) is 0 Å². The van der Waals surface area contributed by atoms with Crippen molar-refractivity contribution in [3.8, 4) is 5.75 Å². The first kappa shape index (κ1) is 9.07. The van der Waals surface area contributed by atoms with Gasteiger partial charge in [0.25, 0.3) is 0 Å². The Bertz CT molecular complexity index is 271. The van der Waals surface area contributed by atoms with E-state index < -0.39 is 0 Å². The van der Waals surface area contributed by atoms with Gasteiger partial charge in [-0.1, -0.05) is 6.07 Å². The molecule has 0 bridgehead atoms. The second kappa shape index (κ2) is 3.59. The zero-order valence-electron chi connectivity index (χ0n) is 7.76. The van der Waals surface area contributed by atoms with Gasteiger partial charge < -0.3 is 10.4 Å². The number of benzene rings is 1. The Morgan fingerprint density at radius 1 is 1.42 bits per heavy atom. The van der Waals surface area contributed by atoms with Gasteiger partial charge in [-0.05, 0) is 44.2 Å². The monoisotopic (exact) mass is 165 g/mol. The Morgan fingerprint density at radius 3 is 2.58 bits per heavy atom. The summed E-state index contributed by atoms with van der Waals surface area (Å²) in [5.74, 6) is 0.333. The zero-order chi connectivity index (χ0) is 9.14. The first-order valence-corrected chi connectivity index (χ1v) is 4.12. The lowest BCUT2D eigenvalue weighted by atomic mass is 10.0. The summed E-state index contributed by atoms with van der Waals surface area (Å²) in [6.45, 7) is 4.10. The summed E-state index contributed by atoms with van der Waals surface area (Å²) in [6, 6.07) is 5.79. The predicted molar refractivity (Wildman–Crippen MR) is 50.3 cm³/mol. The third-order valence-electron chi connectivity index (χ3n) is 2.15. The highest BCUT2D eigenvalue weighted by atomic mass is 16.3. The third-order valence-corrected chi connectivity index (χ3v) is 2.15. The van der Waals surface area contributed by atoms with Gasteiger partial charge in [-0.3, -0.25) is 0 Å². The van der Waals surface area contributed by atoms with Gasteiger partial charge in [-0.2, -0.15) is 0 Å². The van der Waals surface area contributed by atoms with Crippen LogP contribution in [0.3, 0.4) is 0 Å². The van der Waals surface area contributed by atoms with Crippen molar-refractivity contribution in [1.29, 1.82) is 0 Å². The van der Waals surface area contributed by atoms with Gasteiger partial charge >= 0.3 is 0 Å². The molecule has 0 aromatic heterocycles. The van der Waals surface area contributed by atoms with Crippen LogP contribution in [0, 0.1) is 6.92 Å². The summed E-state index contributed by atoms with van der Waals surface area (Å²) < 4.78 is 0. The Labute approximate surface area is 73.2 Å². The number of aryl methyl sites for hydroxylation is 1. The smallest absolute Gasteiger partial charge is 0.115 e. The minimum absolute atomic E-state index is 0.333. The first-order valence-electron chi connectivity index (χ1n) is 4.12. The molecule has 0 unspecified atom stereocenters. The highest BCUT2D eigenvalue weighted by molar-refractivity contribution is 5.35. The van der Waals surface area contributed by atoms with Crippen molar-refractivity contribution in [2.24, 2.45) is 0 Å². The SMILES string of the molecule is CN[C@@H](C)c1ccc(O)cc1C. The van der Waals surface area contributed by atoms with Crippen molar-refractivity contribution >= 4 is 0 Å². The van der Waals surface area contributed by atoms with Crippen molar-refractivity contribution in [3.05, 3.63) is 29.3 Å². The highest BCUT2D eigenvalue weighted by Crippen LogP contribution is 2.20. The number of nitrogens with one attached hydrogen (secondary N) is 1. The zero-order valence-corrected chi connectivity index (χ0v) is 7.76. The van der Waals surface area contributed by atoms with Gasteiger partial charge in [0.1, 0.15) is 5.75 Å². The van der Waals surface area contributed by atoms with Crippen molar-refractivity contribution < 1.29 is 5.11 Å². The largest absolute Gasteiger partial charge is 0.508 e. The Hall–Kier alpha value is -1.02. The third kappa shape index (κ3) is 1.77. The summed E-state index contributed by atoms with van der Waals surface area (Å²) in [7, 11) is 1.93. The molecule has 1 aromatic carbocycles. The molecular weight excluding hydrogens is 150 g/mol. The maximum atomic E-state index is 9.17. The average molecular weight is 165 g/mol. The average Bonchev–Trinajstić information content (AvgIpc) is 2.03. The minimum Gasteiger partial charge on any atom is -0.508 e. The van der Waals surface area contributed by atoms with Crippen LogP contribution in [0.5, 0.6) is 5.75 Å². The van der Waals surface area contributed by atoms with E-state index in [0.717, 1.165) is 5.56 Å². The Morgan fingerprint density at radius 2 is 2.08 bits per heavy atom. The molecule has 66 valence electrons. The summed E-state index contributed by atoms with van der Waals surface area (Å²) in [6.07, 6.45) is 0. The molecule has 1 rings (SSSR count). The van der Waals surface area contributed by atoms with Crippen LogP contribution in [0.1, 0.15) is 24.1 Å². The van der Waals surface area contributed by atoms with Crippen molar-refractivity contribution in [3.63, 3.8) is 0 Å². The Balaban J connectivity index is 3.01. The lowest BCUT2D eigenvalue weighted by molar-refractivity contribution is 0.474. The van der Waals surface area contributed by atoms with Gasteiger partial charge in [-0.25, -0.2) is 0 Å². The van der Waals surface area contributed by atoms with Crippen LogP contribution in [0.15, 0.2) is 18.2 Å². The van der Waals surface area contributed by atoms with Gasteiger partial charge in [0.05, 0.1) is 0 Å². The number of hydrogen-bond donors (Lipinski definition) is 2. The maximum Gasteiger partial charge on any atom is 0.115 e. The molecule has 0 saturated carbocycles. The van der Waals surface area contributed by atoms with Gasteiger partial charge in [0.2, 0.25) is 0 Å². The van der Waals surface area contributed by atoms with Crippen molar-refractivity contribution in [2.45, 2.75) is 19.9 Å². The molecule has 0 aliphatic heterocycles. The topological polar surface area (TPSA) is 32.3 Å². The summed E-state index contributed by atoms with van der Waals surface area (Å²) >= 11 is 0. The number of phenols is 1. The van der Waals surface area contributed by atoms with Crippen LogP contribution in [0.25, 0.3) is 0 Å². The molecule has 0 radical (unpaired) electrons. The fourth-order valence-corrected chi connectivity index (χ4v) is 1.30. The van der Waals surface area contributed by atoms with Gasteiger partial charge in [-0.15, -0.1) is 0 Å². The molecule has 0 aliphatic rings. The fourth-order valence-electron chi connectivity index (χ4n) is 1.30. The summed E-state index contributed by atoms with van der Waals surface area (Å²) in [5.41, 5.74) is 2.35. The van der Waals surface area contributed by atoms with E-state index in [9.17, 15) is 5.11 Å². The predicted octanol–water partition coefficient (Wildman–Crippen LogP) is 1.98. The normalized spacial score (nSPS) is 12.9. The molecule has 0 aliphatic carbocycles. The second-order valence-corrected chi connectivity index (χ2v) is 3.05. The van der Waals surface area contributed by atoms with E-state index in [0.29, 0.717) is 11.8 Å². The van der Waals surface area contributed by atoms with Crippen LogP contribution in [-0.4, -0.2) is 12.2 Å². The van der Waals surface area contributed by atoms with Gasteiger partial charge in [0.15, 0.2) is 0 Å². The standard InChI is InChI=1S/C10H15NO/c1-7-6-9(12)4-5-10(7)8(2)11-3/h4-6,8,11-12H,1-3H3/t8-/m0/s1. The minimum atomic E-state index is 0.333. The quantitative estimate of drug-likeness (QED) is 0.702. The van der Waals surface area contributed by atoms with E-state index >= 15 is 0 Å². The second-order valence-electron chi connectivity index (χ2n) is 3.05. The molecule has 1 aromatic rings. The molecule has 2 nitrogen and oxygen atoms in total. The molecule has 0 saturated heterocycles.